The molecule has 3 amide bonds. The Labute approximate surface area is 127 Å². The van der Waals surface area contributed by atoms with Gasteiger partial charge in [0.2, 0.25) is 5.91 Å². The van der Waals surface area contributed by atoms with E-state index in [4.69, 9.17) is 10.5 Å². The molecule has 2 rings (SSSR count). The average Bonchev–Trinajstić information content (AvgIpc) is 2.78. The number of aryl methyl sites for hydroxylation is 1. The molecule has 1 unspecified atom stereocenters. The van der Waals surface area contributed by atoms with Crippen molar-refractivity contribution in [2.75, 3.05) is 17.8 Å². The maximum atomic E-state index is 12.2. The van der Waals surface area contributed by atoms with Crippen LogP contribution in [0.3, 0.4) is 0 Å². The molecule has 1 aliphatic heterocycles. The van der Waals surface area contributed by atoms with Crippen molar-refractivity contribution in [2.45, 2.75) is 20.0 Å². The number of urea groups is 1. The van der Waals surface area contributed by atoms with E-state index in [0.717, 1.165) is 11.1 Å². The topological polar surface area (TPSA) is 85.0 Å². The molecule has 1 aromatic rings. The highest BCUT2D eigenvalue weighted by atomic mass is 32.2. The predicted octanol–water partition coefficient (Wildman–Crippen LogP) is 2.22. The van der Waals surface area contributed by atoms with Crippen LogP contribution in [0, 0.1) is 6.92 Å². The molecule has 21 heavy (non-hydrogen) atoms. The fourth-order valence-electron chi connectivity index (χ4n) is 2.09. The van der Waals surface area contributed by atoms with Crippen molar-refractivity contribution < 1.29 is 14.3 Å². The summed E-state index contributed by atoms with van der Waals surface area (Å²) < 4.78 is 5.35. The van der Waals surface area contributed by atoms with Gasteiger partial charge >= 0.3 is 6.03 Å². The number of carbonyl (C=O) groups is 2. The summed E-state index contributed by atoms with van der Waals surface area (Å²) in [7, 11) is 1.60. The van der Waals surface area contributed by atoms with Crippen molar-refractivity contribution in [1.29, 1.82) is 0 Å². The van der Waals surface area contributed by atoms with Crippen LogP contribution in [0.25, 0.3) is 0 Å². The Kier molecular flexibility index (Phi) is 4.64. The van der Waals surface area contributed by atoms with Gasteiger partial charge in [0.05, 0.1) is 17.5 Å². The SMILES string of the molecule is COC(C)c1ccc(C)cc1N1C(=O)CSC1=NC(N)=O. The van der Waals surface area contributed by atoms with E-state index in [2.05, 4.69) is 4.99 Å². The molecule has 0 saturated carbocycles. The van der Waals surface area contributed by atoms with Gasteiger partial charge in [0.25, 0.3) is 0 Å². The van der Waals surface area contributed by atoms with Crippen LogP contribution >= 0.6 is 11.8 Å². The first-order valence-electron chi connectivity index (χ1n) is 6.41. The summed E-state index contributed by atoms with van der Waals surface area (Å²) in [5, 5.41) is 0.308. The van der Waals surface area contributed by atoms with E-state index in [9.17, 15) is 9.59 Å². The Morgan fingerprint density at radius 2 is 2.24 bits per heavy atom. The molecular formula is C14H17N3O3S. The van der Waals surface area contributed by atoms with E-state index in [1.165, 1.54) is 16.7 Å². The summed E-state index contributed by atoms with van der Waals surface area (Å²) in [4.78, 5) is 28.4. The predicted molar refractivity (Wildman–Crippen MR) is 83.6 cm³/mol. The van der Waals surface area contributed by atoms with Crippen molar-refractivity contribution in [3.05, 3.63) is 29.3 Å². The van der Waals surface area contributed by atoms with Gasteiger partial charge in [-0.2, -0.15) is 4.99 Å². The second kappa shape index (κ2) is 6.28. The van der Waals surface area contributed by atoms with Crippen LogP contribution < -0.4 is 10.6 Å². The van der Waals surface area contributed by atoms with Gasteiger partial charge in [0.15, 0.2) is 5.17 Å². The first-order chi connectivity index (χ1) is 9.93. The van der Waals surface area contributed by atoms with Crippen LogP contribution in [0.15, 0.2) is 23.2 Å². The maximum absolute atomic E-state index is 12.2. The molecule has 0 aromatic heterocycles. The Morgan fingerprint density at radius 3 is 2.86 bits per heavy atom. The molecule has 2 N–H and O–H groups in total. The highest BCUT2D eigenvalue weighted by Crippen LogP contribution is 2.34. The largest absolute Gasteiger partial charge is 0.377 e. The first-order valence-corrected chi connectivity index (χ1v) is 7.39. The normalized spacial score (nSPS) is 18.3. The third kappa shape index (κ3) is 3.25. The number of thioether (sulfide) groups is 1. The fourth-order valence-corrected chi connectivity index (χ4v) is 2.96. The number of carbonyl (C=O) groups excluding carboxylic acids is 2. The number of aliphatic imine (C=N–C) groups is 1. The molecule has 1 heterocycles. The number of benzene rings is 1. The lowest BCUT2D eigenvalue weighted by molar-refractivity contribution is -0.115. The molecule has 1 saturated heterocycles. The first kappa shape index (κ1) is 15.5. The average molecular weight is 307 g/mol. The van der Waals surface area contributed by atoms with Gasteiger partial charge < -0.3 is 10.5 Å². The number of methoxy groups -OCH3 is 1. The van der Waals surface area contributed by atoms with Crippen LogP contribution in [-0.4, -0.2) is 30.0 Å². The van der Waals surface area contributed by atoms with E-state index in [1.807, 2.05) is 32.0 Å². The molecule has 0 spiro atoms. The minimum atomic E-state index is -0.814. The Balaban J connectivity index is 2.55. The van der Waals surface area contributed by atoms with Crippen LogP contribution in [0.2, 0.25) is 0 Å². The van der Waals surface area contributed by atoms with E-state index in [-0.39, 0.29) is 17.8 Å². The lowest BCUT2D eigenvalue weighted by Crippen LogP contribution is -2.31. The summed E-state index contributed by atoms with van der Waals surface area (Å²) in [5.74, 6) is 0.107. The number of amides is 3. The van der Waals surface area contributed by atoms with Crippen LogP contribution in [0.5, 0.6) is 0 Å². The summed E-state index contributed by atoms with van der Waals surface area (Å²) in [6.45, 7) is 3.83. The highest BCUT2D eigenvalue weighted by Gasteiger charge is 2.32. The van der Waals surface area contributed by atoms with Crippen LogP contribution in [0.4, 0.5) is 10.5 Å². The fraction of sp³-hybridized carbons (Fsp3) is 0.357. The second-order valence-electron chi connectivity index (χ2n) is 4.69. The monoisotopic (exact) mass is 307 g/mol. The number of primary amides is 1. The summed E-state index contributed by atoms with van der Waals surface area (Å²) in [6, 6.07) is 4.93. The number of ether oxygens (including phenoxy) is 1. The van der Waals surface area contributed by atoms with E-state index >= 15 is 0 Å². The van der Waals surface area contributed by atoms with E-state index in [1.54, 1.807) is 7.11 Å². The summed E-state index contributed by atoms with van der Waals surface area (Å²) in [6.07, 6.45) is -0.186. The lowest BCUT2D eigenvalue weighted by atomic mass is 10.0. The van der Waals surface area contributed by atoms with Gasteiger partial charge in [-0.05, 0) is 25.5 Å². The molecule has 6 nitrogen and oxygen atoms in total. The highest BCUT2D eigenvalue weighted by molar-refractivity contribution is 8.15. The number of nitrogens with zero attached hydrogens (tertiary/aromatic N) is 2. The third-order valence-corrected chi connectivity index (χ3v) is 4.11. The van der Waals surface area contributed by atoms with Crippen molar-refractivity contribution in [3.63, 3.8) is 0 Å². The van der Waals surface area contributed by atoms with Crippen LogP contribution in [0.1, 0.15) is 24.2 Å². The standard InChI is InChI=1S/C14H17N3O3S/c1-8-4-5-10(9(2)20-3)11(6-8)17-12(18)7-21-14(17)16-13(15)19/h4-6,9H,7H2,1-3H3,(H2,15,19). The van der Waals surface area contributed by atoms with Gasteiger partial charge in [-0.1, -0.05) is 23.9 Å². The number of nitrogens with two attached hydrogens (primary N) is 1. The summed E-state index contributed by atoms with van der Waals surface area (Å²) in [5.41, 5.74) is 7.65. The zero-order chi connectivity index (χ0) is 15.6. The number of amidine groups is 1. The zero-order valence-corrected chi connectivity index (χ0v) is 12.9. The molecule has 112 valence electrons. The van der Waals surface area contributed by atoms with Crippen molar-refractivity contribution in [1.82, 2.24) is 0 Å². The molecule has 0 radical (unpaired) electrons. The van der Waals surface area contributed by atoms with E-state index in [0.29, 0.717) is 10.9 Å². The Morgan fingerprint density at radius 1 is 1.52 bits per heavy atom. The molecule has 7 heteroatoms. The molecule has 0 aliphatic carbocycles. The zero-order valence-electron chi connectivity index (χ0n) is 12.1. The number of hydrogen-bond acceptors (Lipinski definition) is 4. The Bertz CT molecular complexity index is 615. The van der Waals surface area contributed by atoms with Gasteiger partial charge in [-0.15, -0.1) is 0 Å². The van der Waals surface area contributed by atoms with Gasteiger partial charge in [0, 0.05) is 12.7 Å². The number of hydrogen-bond donors (Lipinski definition) is 1. The Hall–Kier alpha value is -1.86. The van der Waals surface area contributed by atoms with E-state index < -0.39 is 6.03 Å². The molecule has 1 atom stereocenters. The smallest absolute Gasteiger partial charge is 0.340 e. The van der Waals surface area contributed by atoms with Gasteiger partial charge in [-0.3, -0.25) is 9.69 Å². The molecule has 1 aromatic carbocycles. The molecular weight excluding hydrogens is 290 g/mol. The lowest BCUT2D eigenvalue weighted by Gasteiger charge is -2.22. The quantitative estimate of drug-likeness (QED) is 0.927. The second-order valence-corrected chi connectivity index (χ2v) is 5.63. The minimum absolute atomic E-state index is 0.129. The number of anilines is 1. The minimum Gasteiger partial charge on any atom is -0.377 e. The van der Waals surface area contributed by atoms with Crippen molar-refractivity contribution in [2.24, 2.45) is 10.7 Å². The molecule has 1 aliphatic rings. The molecule has 1 fully saturated rings. The van der Waals surface area contributed by atoms with Crippen LogP contribution in [-0.2, 0) is 9.53 Å². The van der Waals surface area contributed by atoms with Gasteiger partial charge in [-0.25, -0.2) is 4.79 Å². The third-order valence-electron chi connectivity index (χ3n) is 3.19. The van der Waals surface area contributed by atoms with Gasteiger partial charge in [0.1, 0.15) is 0 Å². The summed E-state index contributed by atoms with van der Waals surface area (Å²) >= 11 is 1.20. The van der Waals surface area contributed by atoms with Crippen molar-refractivity contribution >= 4 is 34.6 Å². The number of rotatable bonds is 3. The van der Waals surface area contributed by atoms with Crippen molar-refractivity contribution in [3.8, 4) is 0 Å². The molecule has 0 bridgehead atoms. The maximum Gasteiger partial charge on any atom is 0.340 e.